The zero-order chi connectivity index (χ0) is 17.2. The third-order valence-corrected chi connectivity index (χ3v) is 7.17. The third-order valence-electron chi connectivity index (χ3n) is 6.13. The molecule has 0 aromatic carbocycles. The number of fused-ring (bicyclic) bond motifs is 1. The number of amides is 1. The van der Waals surface area contributed by atoms with Crippen LogP contribution >= 0.6 is 11.3 Å². The van der Waals surface area contributed by atoms with Crippen LogP contribution in [0, 0.1) is 5.92 Å². The van der Waals surface area contributed by atoms with E-state index in [9.17, 15) is 4.79 Å². The lowest BCUT2D eigenvalue weighted by Crippen LogP contribution is -2.53. The molecule has 4 rings (SSSR count). The number of nitrogens with zero attached hydrogens (tertiary/aromatic N) is 3. The van der Waals surface area contributed by atoms with E-state index in [1.54, 1.807) is 11.3 Å². The van der Waals surface area contributed by atoms with Gasteiger partial charge in [0.25, 0.3) is 0 Å². The van der Waals surface area contributed by atoms with Gasteiger partial charge in [0.05, 0.1) is 16.7 Å². The lowest BCUT2D eigenvalue weighted by Gasteiger charge is -2.35. The molecule has 1 aromatic rings. The van der Waals surface area contributed by atoms with Crippen LogP contribution in [0.4, 0.5) is 0 Å². The van der Waals surface area contributed by atoms with Crippen molar-refractivity contribution >= 4 is 17.2 Å². The van der Waals surface area contributed by atoms with Crippen LogP contribution in [0.15, 0.2) is 5.38 Å². The van der Waals surface area contributed by atoms with Crippen LogP contribution in [0.2, 0.25) is 0 Å². The first-order valence-corrected chi connectivity index (χ1v) is 10.8. The largest absolute Gasteiger partial charge is 0.339 e. The Morgan fingerprint density at radius 2 is 2.08 bits per heavy atom. The highest BCUT2D eigenvalue weighted by Gasteiger charge is 2.40. The minimum Gasteiger partial charge on any atom is -0.339 e. The molecule has 1 saturated carbocycles. The quantitative estimate of drug-likeness (QED) is 0.893. The lowest BCUT2D eigenvalue weighted by molar-refractivity contribution is -0.135. The van der Waals surface area contributed by atoms with E-state index in [-0.39, 0.29) is 6.04 Å². The van der Waals surface area contributed by atoms with Gasteiger partial charge in [-0.1, -0.05) is 19.8 Å². The summed E-state index contributed by atoms with van der Waals surface area (Å²) in [4.78, 5) is 22.1. The number of piperazine rings is 1. The zero-order valence-electron chi connectivity index (χ0n) is 15.2. The lowest BCUT2D eigenvalue weighted by atomic mass is 9.85. The Balaban J connectivity index is 1.26. The van der Waals surface area contributed by atoms with Crippen molar-refractivity contribution in [1.82, 2.24) is 20.1 Å². The molecule has 2 saturated heterocycles. The molecule has 5 nitrogen and oxygen atoms in total. The highest BCUT2D eigenvalue weighted by atomic mass is 32.1. The predicted octanol–water partition coefficient (Wildman–Crippen LogP) is 2.27. The summed E-state index contributed by atoms with van der Waals surface area (Å²) in [6.45, 7) is 6.72. The molecule has 138 valence electrons. The van der Waals surface area contributed by atoms with Crippen molar-refractivity contribution in [2.45, 2.75) is 64.1 Å². The molecule has 3 atom stereocenters. The van der Waals surface area contributed by atoms with Crippen molar-refractivity contribution in [3.8, 4) is 0 Å². The van der Waals surface area contributed by atoms with Gasteiger partial charge in [-0.25, -0.2) is 4.98 Å². The molecule has 1 aromatic heterocycles. The highest BCUT2D eigenvalue weighted by Crippen LogP contribution is 2.33. The van der Waals surface area contributed by atoms with E-state index in [2.05, 4.69) is 32.4 Å². The van der Waals surface area contributed by atoms with Crippen LogP contribution in [-0.2, 0) is 17.8 Å². The predicted molar refractivity (Wildman–Crippen MR) is 101 cm³/mol. The van der Waals surface area contributed by atoms with Gasteiger partial charge in [0.1, 0.15) is 0 Å². The number of thiazole rings is 1. The molecule has 0 spiro atoms. The van der Waals surface area contributed by atoms with Gasteiger partial charge in [0.2, 0.25) is 5.91 Å². The van der Waals surface area contributed by atoms with Crippen molar-refractivity contribution in [3.63, 3.8) is 0 Å². The maximum atomic E-state index is 12.9. The minimum absolute atomic E-state index is 0.0744. The Kier molecular flexibility index (Phi) is 5.39. The van der Waals surface area contributed by atoms with Gasteiger partial charge < -0.3 is 10.2 Å². The normalized spacial score (nSPS) is 30.4. The first-order chi connectivity index (χ1) is 12.2. The van der Waals surface area contributed by atoms with Crippen molar-refractivity contribution < 1.29 is 4.79 Å². The Morgan fingerprint density at radius 1 is 1.28 bits per heavy atom. The van der Waals surface area contributed by atoms with E-state index in [4.69, 9.17) is 0 Å². The smallest absolute Gasteiger partial charge is 0.239 e. The SMILES string of the molecule is CCc1nc(CN2CCN(C(=O)C3CC4CCCCC4N3)CC2)cs1. The van der Waals surface area contributed by atoms with Gasteiger partial charge in [0, 0.05) is 44.1 Å². The molecular formula is C19H30N4OS. The topological polar surface area (TPSA) is 48.5 Å². The van der Waals surface area contributed by atoms with E-state index in [1.807, 2.05) is 0 Å². The summed E-state index contributed by atoms with van der Waals surface area (Å²) in [5.41, 5.74) is 1.18. The fraction of sp³-hybridized carbons (Fsp3) is 0.789. The maximum absolute atomic E-state index is 12.9. The summed E-state index contributed by atoms with van der Waals surface area (Å²) < 4.78 is 0. The minimum atomic E-state index is 0.0744. The molecular weight excluding hydrogens is 332 g/mol. The van der Waals surface area contributed by atoms with Crippen LogP contribution < -0.4 is 5.32 Å². The van der Waals surface area contributed by atoms with Crippen molar-refractivity contribution in [3.05, 3.63) is 16.1 Å². The first-order valence-electron chi connectivity index (χ1n) is 9.93. The Morgan fingerprint density at radius 3 is 2.80 bits per heavy atom. The fourth-order valence-electron chi connectivity index (χ4n) is 4.67. The molecule has 0 radical (unpaired) electrons. The van der Waals surface area contributed by atoms with Gasteiger partial charge in [-0.3, -0.25) is 9.69 Å². The monoisotopic (exact) mass is 362 g/mol. The summed E-state index contributed by atoms with van der Waals surface area (Å²) in [5.74, 6) is 1.08. The molecule has 3 fully saturated rings. The molecule has 1 amide bonds. The van der Waals surface area contributed by atoms with Crippen LogP contribution in [0.1, 0.15) is 49.7 Å². The Bertz CT molecular complexity index is 582. The second kappa shape index (κ2) is 7.72. The summed E-state index contributed by atoms with van der Waals surface area (Å²) >= 11 is 1.76. The molecule has 3 unspecified atom stereocenters. The molecule has 3 heterocycles. The van der Waals surface area contributed by atoms with Crippen molar-refractivity contribution in [2.24, 2.45) is 5.92 Å². The number of rotatable bonds is 4. The van der Waals surface area contributed by atoms with E-state index in [0.717, 1.165) is 51.5 Å². The number of hydrogen-bond acceptors (Lipinski definition) is 5. The molecule has 3 aliphatic rings. The van der Waals surface area contributed by atoms with E-state index in [0.29, 0.717) is 11.9 Å². The van der Waals surface area contributed by atoms with Crippen LogP contribution in [0.25, 0.3) is 0 Å². The van der Waals surface area contributed by atoms with E-state index < -0.39 is 0 Å². The van der Waals surface area contributed by atoms with Crippen LogP contribution in [0.3, 0.4) is 0 Å². The highest BCUT2D eigenvalue weighted by molar-refractivity contribution is 7.09. The number of hydrogen-bond donors (Lipinski definition) is 1. The number of aromatic nitrogens is 1. The number of aryl methyl sites for hydroxylation is 1. The average Bonchev–Trinajstić information content (AvgIpc) is 3.28. The average molecular weight is 363 g/mol. The number of nitrogens with one attached hydrogen (secondary N) is 1. The summed E-state index contributed by atoms with van der Waals surface area (Å²) in [6.07, 6.45) is 7.31. The summed E-state index contributed by atoms with van der Waals surface area (Å²) in [6, 6.07) is 0.673. The van der Waals surface area contributed by atoms with Gasteiger partial charge in [-0.15, -0.1) is 11.3 Å². The Labute approximate surface area is 154 Å². The van der Waals surface area contributed by atoms with E-state index >= 15 is 0 Å². The van der Waals surface area contributed by atoms with E-state index in [1.165, 1.54) is 36.4 Å². The molecule has 1 N–H and O–H groups in total. The molecule has 0 bridgehead atoms. The Hall–Kier alpha value is -0.980. The van der Waals surface area contributed by atoms with Crippen molar-refractivity contribution in [2.75, 3.05) is 26.2 Å². The molecule has 1 aliphatic carbocycles. The molecule has 2 aliphatic heterocycles. The molecule has 6 heteroatoms. The first kappa shape index (κ1) is 17.4. The standard InChI is InChI=1S/C19H30N4OS/c1-2-18-20-15(13-25-18)12-22-7-9-23(10-8-22)19(24)17-11-14-5-3-4-6-16(14)21-17/h13-14,16-17,21H,2-12H2,1H3. The zero-order valence-corrected chi connectivity index (χ0v) is 16.1. The number of carbonyl (C=O) groups excluding carboxylic acids is 1. The second-order valence-corrected chi connectivity index (χ2v) is 8.74. The third kappa shape index (κ3) is 3.91. The van der Waals surface area contributed by atoms with Gasteiger partial charge in [-0.2, -0.15) is 0 Å². The van der Waals surface area contributed by atoms with Gasteiger partial charge in [-0.05, 0) is 31.6 Å². The number of carbonyl (C=O) groups is 1. The van der Waals surface area contributed by atoms with Gasteiger partial charge >= 0.3 is 0 Å². The molecule has 25 heavy (non-hydrogen) atoms. The summed E-state index contributed by atoms with van der Waals surface area (Å²) in [5, 5.41) is 7.04. The van der Waals surface area contributed by atoms with Crippen molar-refractivity contribution in [1.29, 1.82) is 0 Å². The second-order valence-electron chi connectivity index (χ2n) is 7.79. The maximum Gasteiger partial charge on any atom is 0.239 e. The van der Waals surface area contributed by atoms with Crippen LogP contribution in [-0.4, -0.2) is 59.0 Å². The fourth-order valence-corrected chi connectivity index (χ4v) is 5.41. The van der Waals surface area contributed by atoms with Gasteiger partial charge in [0.15, 0.2) is 0 Å². The van der Waals surface area contributed by atoms with Crippen LogP contribution in [0.5, 0.6) is 0 Å². The summed E-state index contributed by atoms with van der Waals surface area (Å²) in [7, 11) is 0.